The topological polar surface area (TPSA) is 0 Å². The van der Waals surface area contributed by atoms with Gasteiger partial charge in [0.2, 0.25) is 0 Å². The predicted octanol–water partition coefficient (Wildman–Crippen LogP) is -2.11. The molecule has 0 aromatic carbocycles. The normalized spacial score (nSPS) is 1.33. The van der Waals surface area contributed by atoms with Gasteiger partial charge in [0.05, 0.1) is 7.44 Å². The first-order chi connectivity index (χ1) is 1.00. The van der Waals surface area contributed by atoms with E-state index in [4.69, 9.17) is 0 Å². The minimum absolute atomic E-state index is 0. The van der Waals surface area contributed by atoms with Crippen molar-refractivity contribution in [3.05, 3.63) is 0 Å². The maximum absolute atomic E-state index is 2.14. The van der Waals surface area contributed by atoms with Crippen molar-refractivity contribution in [1.82, 2.24) is 0 Å². The Hall–Kier alpha value is 3.28. The van der Waals surface area contributed by atoms with E-state index in [0.29, 0.717) is 0 Å². The first-order valence-electron chi connectivity index (χ1n) is 1.00. The van der Waals surface area contributed by atoms with Crippen molar-refractivity contribution in [2.75, 3.05) is 0 Å². The SMILES string of the molecule is B[SiH3].[Cr].[Hf].[Ti].[Zr]. The summed E-state index contributed by atoms with van der Waals surface area (Å²) in [4.78, 5) is 0. The van der Waals surface area contributed by atoms with Crippen LogP contribution >= 0.6 is 0 Å². The molecule has 0 heterocycles. The van der Waals surface area contributed by atoms with E-state index in [-0.39, 0.29) is 91.1 Å². The summed E-state index contributed by atoms with van der Waals surface area (Å²) in [6.45, 7) is 0. The molecule has 0 spiro atoms. The number of rotatable bonds is 0. The molecule has 0 N–H and O–H groups in total. The van der Waals surface area contributed by atoms with Crippen molar-refractivity contribution in [1.29, 1.82) is 0 Å². The molecule has 0 aliphatic heterocycles. The Bertz CT molecular complexity index is 15.5. The maximum atomic E-state index is 2.14. The molecule has 6 heteroatoms. The quantitative estimate of drug-likeness (QED) is 0.399. The molecule has 0 fully saturated rings. The molecular formula is H5BCrHfSiTiZr. The predicted molar refractivity (Wildman–Crippen MR) is 18.5 cm³/mol. The molecule has 0 radical (unpaired) electrons. The van der Waals surface area contributed by atoms with Crippen LogP contribution in [0.2, 0.25) is 0 Å². The smallest absolute Gasteiger partial charge is 0.0304 e. The molecule has 0 aliphatic carbocycles. The van der Waals surface area contributed by atoms with Crippen LogP contribution in [0, 0.1) is 0 Å². The van der Waals surface area contributed by atoms with Gasteiger partial charge in [-0.05, 0) is 10.1 Å². The maximum Gasteiger partial charge on any atom is 0.0852 e. The Morgan fingerprint density at radius 2 is 1.17 bits per heavy atom. The van der Waals surface area contributed by atoms with Gasteiger partial charge in [-0.25, -0.2) is 0 Å². The first kappa shape index (κ1) is 34.7. The molecule has 0 aromatic heterocycles. The Kier molecular flexibility index (Phi) is 236. The largest absolute Gasteiger partial charge is 0.0852 e. The Morgan fingerprint density at radius 1 is 1.17 bits per heavy atom. The second-order valence-corrected chi connectivity index (χ2v) is 0. The van der Waals surface area contributed by atoms with Gasteiger partial charge in [0.1, 0.15) is 0 Å². The summed E-state index contributed by atoms with van der Waals surface area (Å²) in [5.74, 6) is 0. The number of hydrogen-bond donors (Lipinski definition) is 0. The third-order valence-corrected chi connectivity index (χ3v) is 0. The van der Waals surface area contributed by atoms with Gasteiger partial charge in [-0.1, -0.05) is 0 Å². The molecule has 0 rings (SSSR count). The fourth-order valence-electron chi connectivity index (χ4n) is 0. The van der Waals surface area contributed by atoms with Crippen molar-refractivity contribution >= 4 is 17.6 Å². The molecule has 0 atom stereocenters. The van der Waals surface area contributed by atoms with Gasteiger partial charge in [0.15, 0.2) is 0 Å². The van der Waals surface area contributed by atoms with Crippen molar-refractivity contribution in [3.63, 3.8) is 0 Å². The van der Waals surface area contributed by atoms with Crippen LogP contribution in [-0.4, -0.2) is 17.6 Å². The fraction of sp³-hybridized carbons (Fsp3) is 0. The molecule has 6 heavy (non-hydrogen) atoms. The van der Waals surface area contributed by atoms with Crippen LogP contribution in [0.3, 0.4) is 0 Å². The van der Waals surface area contributed by atoms with Crippen LogP contribution in [0.1, 0.15) is 0 Å². The Morgan fingerprint density at radius 3 is 1.17 bits per heavy atom. The fourth-order valence-corrected chi connectivity index (χ4v) is 0. The third kappa shape index (κ3) is 26.7. The van der Waals surface area contributed by atoms with Gasteiger partial charge in [-0.15, -0.1) is 0 Å². The molecule has 0 saturated carbocycles. The van der Waals surface area contributed by atoms with E-state index in [2.05, 4.69) is 7.44 Å². The van der Waals surface area contributed by atoms with Crippen LogP contribution in [0.4, 0.5) is 0 Å². The molecule has 0 nitrogen and oxygen atoms in total. The van der Waals surface area contributed by atoms with E-state index in [1.54, 1.807) is 0 Å². The molecule has 0 amide bonds. The Labute approximate surface area is 107 Å². The molecule has 30 valence electrons. The summed E-state index contributed by atoms with van der Waals surface area (Å²) in [6, 6.07) is 0. The van der Waals surface area contributed by atoms with Crippen molar-refractivity contribution in [3.8, 4) is 0 Å². The summed E-state index contributed by atoms with van der Waals surface area (Å²) >= 11 is 0. The molecular weight excluding hydrogens is 408 g/mol. The summed E-state index contributed by atoms with van der Waals surface area (Å²) in [6.07, 6.45) is 0. The zero-order valence-corrected chi connectivity index (χ0v) is 14.8. The summed E-state index contributed by atoms with van der Waals surface area (Å²) in [7, 11) is 3.44. The molecule has 0 saturated heterocycles. The van der Waals surface area contributed by atoms with Crippen molar-refractivity contribution in [2.45, 2.75) is 0 Å². The van der Waals surface area contributed by atoms with Gasteiger partial charge in [-0.3, -0.25) is 0 Å². The van der Waals surface area contributed by atoms with Gasteiger partial charge < -0.3 is 0 Å². The minimum Gasteiger partial charge on any atom is -0.0304 e. The van der Waals surface area contributed by atoms with Crippen molar-refractivity contribution < 1.29 is 91.1 Å². The van der Waals surface area contributed by atoms with E-state index in [1.165, 1.54) is 10.1 Å². The zero-order chi connectivity index (χ0) is 2.00. The number of hydrogen-bond acceptors (Lipinski definition) is 0. The monoisotopic (exact) mass is 414 g/mol. The minimum atomic E-state index is 0. The van der Waals surface area contributed by atoms with E-state index in [1.807, 2.05) is 0 Å². The average Bonchev–Trinajstić information content (AvgIpc) is 1.00. The van der Waals surface area contributed by atoms with Crippen LogP contribution in [0.25, 0.3) is 0 Å². The Balaban J connectivity index is -0.000000000833. The van der Waals surface area contributed by atoms with Gasteiger partial charge in [-0.2, -0.15) is 0 Å². The van der Waals surface area contributed by atoms with E-state index in [0.717, 1.165) is 0 Å². The summed E-state index contributed by atoms with van der Waals surface area (Å²) < 4.78 is 0. The molecule has 0 unspecified atom stereocenters. The van der Waals surface area contributed by atoms with Gasteiger partial charge >= 0.3 is 0 Å². The van der Waals surface area contributed by atoms with Crippen molar-refractivity contribution in [2.24, 2.45) is 0 Å². The molecule has 0 aromatic rings. The van der Waals surface area contributed by atoms with Gasteiger partial charge in [0, 0.05) is 91.1 Å². The molecule has 0 aliphatic rings. The van der Waals surface area contributed by atoms with E-state index >= 15 is 0 Å². The van der Waals surface area contributed by atoms with E-state index < -0.39 is 0 Å². The van der Waals surface area contributed by atoms with Crippen LogP contribution in [0.5, 0.6) is 0 Å². The third-order valence-electron chi connectivity index (χ3n) is 0. The standard InChI is InChI=1S/BH5Si.Cr.Hf.Ti.Zr/c1-2;;;;/h1H2,2H3;;;;. The second-order valence-electron chi connectivity index (χ2n) is 0. The average molecular weight is 414 g/mol. The zero-order valence-electron chi connectivity index (χ0n) is 3.91. The summed E-state index contributed by atoms with van der Waals surface area (Å²) in [5, 5.41) is 0. The molecule has 0 bridgehead atoms. The first-order valence-corrected chi connectivity index (χ1v) is 3.00. The van der Waals surface area contributed by atoms with E-state index in [9.17, 15) is 0 Å². The van der Waals surface area contributed by atoms with Crippen LogP contribution in [-0.2, 0) is 91.1 Å². The second kappa shape index (κ2) is 40.8. The van der Waals surface area contributed by atoms with Crippen LogP contribution < -0.4 is 0 Å². The summed E-state index contributed by atoms with van der Waals surface area (Å²) in [5.41, 5.74) is 0. The van der Waals surface area contributed by atoms with Gasteiger partial charge in [0.25, 0.3) is 0 Å². The van der Waals surface area contributed by atoms with Crippen LogP contribution in [0.15, 0.2) is 0 Å².